The van der Waals surface area contributed by atoms with Crippen molar-refractivity contribution in [1.82, 2.24) is 5.32 Å². The lowest BCUT2D eigenvalue weighted by atomic mass is 9.76. The van der Waals surface area contributed by atoms with Crippen molar-refractivity contribution < 1.29 is 9.53 Å². The lowest BCUT2D eigenvalue weighted by Crippen LogP contribution is -2.38. The molecule has 0 saturated carbocycles. The van der Waals surface area contributed by atoms with E-state index in [0.29, 0.717) is 11.6 Å². The van der Waals surface area contributed by atoms with Gasteiger partial charge in [-0.05, 0) is 71.3 Å². The van der Waals surface area contributed by atoms with Crippen LogP contribution in [-0.2, 0) is 11.2 Å². The molecule has 4 aromatic carbocycles. The molecule has 0 fully saturated rings. The molecule has 0 aromatic heterocycles. The van der Waals surface area contributed by atoms with Crippen LogP contribution in [0.15, 0.2) is 84.9 Å². The highest BCUT2D eigenvalue weighted by Gasteiger charge is 2.29. The summed E-state index contributed by atoms with van der Waals surface area (Å²) in [6.45, 7) is 4.26. The fourth-order valence-corrected chi connectivity index (χ4v) is 5.58. The second-order valence-corrected chi connectivity index (χ2v) is 9.41. The molecule has 1 aliphatic rings. The van der Waals surface area contributed by atoms with Crippen LogP contribution in [0.3, 0.4) is 0 Å². The van der Waals surface area contributed by atoms with E-state index >= 15 is 0 Å². The van der Waals surface area contributed by atoms with Crippen molar-refractivity contribution in [3.63, 3.8) is 0 Å². The van der Waals surface area contributed by atoms with Crippen molar-refractivity contribution in [2.45, 2.75) is 44.7 Å². The molecular weight excluding hydrogens is 418 g/mol. The number of aryl methyl sites for hydroxylation is 1. The highest BCUT2D eigenvalue weighted by atomic mass is 16.5. The molecule has 34 heavy (non-hydrogen) atoms. The molecule has 3 nitrogen and oxygen atoms in total. The van der Waals surface area contributed by atoms with Crippen LogP contribution in [0.1, 0.15) is 63.5 Å². The standard InChI is InChI=1S/C31H31NO2/c1-20-17-24(15-16-26(20)31(33)34-3)30-19-25(18-23-10-5-7-13-29(23)30)32-21(2)27-14-8-11-22-9-4-6-12-28(22)27/h4-17,21,25,30,32H,18-19H2,1-3H3/t21-,25?,30?/m1/s1. The fraction of sp³-hybridized carbons (Fsp3) is 0.258. The fourth-order valence-electron chi connectivity index (χ4n) is 5.58. The van der Waals surface area contributed by atoms with Gasteiger partial charge in [-0.25, -0.2) is 4.79 Å². The summed E-state index contributed by atoms with van der Waals surface area (Å²) >= 11 is 0. The van der Waals surface area contributed by atoms with Gasteiger partial charge in [0, 0.05) is 18.0 Å². The summed E-state index contributed by atoms with van der Waals surface area (Å²) in [5.41, 5.74) is 6.98. The van der Waals surface area contributed by atoms with Gasteiger partial charge < -0.3 is 10.1 Å². The van der Waals surface area contributed by atoms with Crippen LogP contribution in [0, 0.1) is 6.92 Å². The molecule has 3 heteroatoms. The molecule has 2 unspecified atom stereocenters. The molecule has 0 aliphatic heterocycles. The van der Waals surface area contributed by atoms with Gasteiger partial charge in [0.05, 0.1) is 12.7 Å². The molecule has 0 amide bonds. The third kappa shape index (κ3) is 4.24. The first-order valence-electron chi connectivity index (χ1n) is 12.1. The number of hydrogen-bond donors (Lipinski definition) is 1. The molecule has 172 valence electrons. The highest BCUT2D eigenvalue weighted by molar-refractivity contribution is 5.91. The predicted octanol–water partition coefficient (Wildman–Crippen LogP) is 6.73. The summed E-state index contributed by atoms with van der Waals surface area (Å²) in [6, 6.07) is 30.7. The number of esters is 1. The largest absolute Gasteiger partial charge is 0.465 e. The maximum atomic E-state index is 12.1. The van der Waals surface area contributed by atoms with Gasteiger partial charge in [0.2, 0.25) is 0 Å². The Labute approximate surface area is 201 Å². The summed E-state index contributed by atoms with van der Waals surface area (Å²) in [7, 11) is 1.43. The topological polar surface area (TPSA) is 38.3 Å². The Morgan fingerprint density at radius 1 is 0.971 bits per heavy atom. The van der Waals surface area contributed by atoms with E-state index in [-0.39, 0.29) is 17.9 Å². The van der Waals surface area contributed by atoms with E-state index in [1.54, 1.807) is 0 Å². The quantitative estimate of drug-likeness (QED) is 0.343. The van der Waals surface area contributed by atoms with Crippen LogP contribution in [0.25, 0.3) is 10.8 Å². The van der Waals surface area contributed by atoms with E-state index in [9.17, 15) is 4.79 Å². The molecule has 1 aliphatic carbocycles. The summed E-state index contributed by atoms with van der Waals surface area (Å²) in [5, 5.41) is 6.54. The van der Waals surface area contributed by atoms with E-state index in [2.05, 4.69) is 91.1 Å². The van der Waals surface area contributed by atoms with Crippen LogP contribution >= 0.6 is 0 Å². The van der Waals surface area contributed by atoms with Crippen molar-refractivity contribution >= 4 is 16.7 Å². The van der Waals surface area contributed by atoms with E-state index < -0.39 is 0 Å². The van der Waals surface area contributed by atoms with Crippen LogP contribution in [0.5, 0.6) is 0 Å². The van der Waals surface area contributed by atoms with Gasteiger partial charge in [-0.1, -0.05) is 78.9 Å². The Balaban J connectivity index is 1.45. The lowest BCUT2D eigenvalue weighted by Gasteiger charge is -2.34. The number of methoxy groups -OCH3 is 1. The monoisotopic (exact) mass is 449 g/mol. The van der Waals surface area contributed by atoms with E-state index in [1.807, 2.05) is 13.0 Å². The van der Waals surface area contributed by atoms with Gasteiger partial charge in [0.1, 0.15) is 0 Å². The lowest BCUT2D eigenvalue weighted by molar-refractivity contribution is 0.0600. The third-order valence-electron chi connectivity index (χ3n) is 7.25. The van der Waals surface area contributed by atoms with Crippen LogP contribution in [-0.4, -0.2) is 19.1 Å². The number of benzene rings is 4. The van der Waals surface area contributed by atoms with Crippen molar-refractivity contribution in [3.05, 3.63) is 118 Å². The van der Waals surface area contributed by atoms with Gasteiger partial charge in [-0.3, -0.25) is 0 Å². The van der Waals surface area contributed by atoms with Crippen LogP contribution in [0.4, 0.5) is 0 Å². The molecule has 0 spiro atoms. The molecule has 0 heterocycles. The first kappa shape index (κ1) is 22.4. The minimum Gasteiger partial charge on any atom is -0.465 e. The van der Waals surface area contributed by atoms with Crippen LogP contribution < -0.4 is 5.32 Å². The zero-order valence-electron chi connectivity index (χ0n) is 20.0. The molecular formula is C31H31NO2. The highest BCUT2D eigenvalue weighted by Crippen LogP contribution is 2.38. The number of carbonyl (C=O) groups excluding carboxylic acids is 1. The number of rotatable bonds is 5. The van der Waals surface area contributed by atoms with E-state index in [1.165, 1.54) is 40.1 Å². The second kappa shape index (κ2) is 9.44. The van der Waals surface area contributed by atoms with E-state index in [0.717, 1.165) is 18.4 Å². The Morgan fingerprint density at radius 2 is 1.74 bits per heavy atom. The molecule has 0 saturated heterocycles. The third-order valence-corrected chi connectivity index (χ3v) is 7.25. The maximum Gasteiger partial charge on any atom is 0.338 e. The molecule has 3 atom stereocenters. The zero-order chi connectivity index (χ0) is 23.7. The summed E-state index contributed by atoms with van der Waals surface area (Å²) < 4.78 is 4.94. The number of carbonyl (C=O) groups is 1. The summed E-state index contributed by atoms with van der Waals surface area (Å²) in [6.07, 6.45) is 2.03. The molecule has 0 radical (unpaired) electrons. The average Bonchev–Trinajstić information content (AvgIpc) is 2.87. The van der Waals surface area contributed by atoms with Crippen LogP contribution in [0.2, 0.25) is 0 Å². The summed E-state index contributed by atoms with van der Waals surface area (Å²) in [4.78, 5) is 12.1. The second-order valence-electron chi connectivity index (χ2n) is 9.41. The summed E-state index contributed by atoms with van der Waals surface area (Å²) in [5.74, 6) is 0.00381. The normalized spacial score (nSPS) is 18.3. The molecule has 1 N–H and O–H groups in total. The minimum atomic E-state index is -0.281. The van der Waals surface area contributed by atoms with Crippen molar-refractivity contribution in [1.29, 1.82) is 0 Å². The Kier molecular flexibility index (Phi) is 6.21. The SMILES string of the molecule is COC(=O)c1ccc(C2CC(N[C@H](C)c3cccc4ccccc34)Cc3ccccc32)cc1C. The first-order valence-corrected chi connectivity index (χ1v) is 12.1. The Morgan fingerprint density at radius 3 is 2.56 bits per heavy atom. The van der Waals surface area contributed by atoms with Crippen molar-refractivity contribution in [3.8, 4) is 0 Å². The smallest absolute Gasteiger partial charge is 0.338 e. The number of nitrogens with one attached hydrogen (secondary N) is 1. The van der Waals surface area contributed by atoms with Crippen molar-refractivity contribution in [2.24, 2.45) is 0 Å². The first-order chi connectivity index (χ1) is 16.5. The Bertz CT molecular complexity index is 1340. The molecule has 4 aromatic rings. The number of ether oxygens (including phenoxy) is 1. The van der Waals surface area contributed by atoms with Gasteiger partial charge in [0.25, 0.3) is 0 Å². The molecule has 0 bridgehead atoms. The van der Waals surface area contributed by atoms with Crippen molar-refractivity contribution in [2.75, 3.05) is 7.11 Å². The number of hydrogen-bond acceptors (Lipinski definition) is 3. The van der Waals surface area contributed by atoms with Gasteiger partial charge in [0.15, 0.2) is 0 Å². The molecule has 5 rings (SSSR count). The maximum absolute atomic E-state index is 12.1. The average molecular weight is 450 g/mol. The van der Waals surface area contributed by atoms with Gasteiger partial charge in [-0.15, -0.1) is 0 Å². The Hall–Kier alpha value is -3.43. The minimum absolute atomic E-state index is 0.241. The zero-order valence-corrected chi connectivity index (χ0v) is 20.0. The predicted molar refractivity (Wildman–Crippen MR) is 138 cm³/mol. The van der Waals surface area contributed by atoms with E-state index in [4.69, 9.17) is 4.74 Å². The van der Waals surface area contributed by atoms with Gasteiger partial charge >= 0.3 is 5.97 Å². The number of fused-ring (bicyclic) bond motifs is 2. The van der Waals surface area contributed by atoms with Gasteiger partial charge in [-0.2, -0.15) is 0 Å².